The van der Waals surface area contributed by atoms with E-state index in [0.29, 0.717) is 0 Å². The van der Waals surface area contributed by atoms with Crippen LogP contribution in [0.5, 0.6) is 0 Å². The van der Waals surface area contributed by atoms with Gasteiger partial charge in [0.2, 0.25) is 0 Å². The van der Waals surface area contributed by atoms with E-state index in [4.69, 9.17) is 4.99 Å². The molecule has 25 heavy (non-hydrogen) atoms. The quantitative estimate of drug-likeness (QED) is 0.775. The summed E-state index contributed by atoms with van der Waals surface area (Å²) in [4.78, 5) is 6.53. The van der Waals surface area contributed by atoms with Crippen molar-refractivity contribution in [1.82, 2.24) is 10.9 Å². The molecule has 5 fully saturated rings. The van der Waals surface area contributed by atoms with Gasteiger partial charge in [-0.3, -0.25) is 0 Å². The lowest BCUT2D eigenvalue weighted by Crippen LogP contribution is -2.55. The van der Waals surface area contributed by atoms with Crippen LogP contribution >= 0.6 is 11.3 Å². The number of nitrogens with zero attached hydrogens (tertiary/aromatic N) is 1. The van der Waals surface area contributed by atoms with Crippen LogP contribution in [0.15, 0.2) is 29.3 Å². The van der Waals surface area contributed by atoms with Crippen molar-refractivity contribution in [2.75, 3.05) is 0 Å². The minimum absolute atomic E-state index is 0.284. The van der Waals surface area contributed by atoms with Gasteiger partial charge >= 0.3 is 0 Å². The number of hydrogen-bond donors (Lipinski definition) is 2. The Hall–Kier alpha value is -1.39. The number of benzene rings is 1. The van der Waals surface area contributed by atoms with Gasteiger partial charge in [-0.25, -0.2) is 10.4 Å². The molecule has 2 N–H and O–H groups in total. The maximum absolute atomic E-state index is 4.96. The highest BCUT2D eigenvalue weighted by atomic mass is 32.1. The number of hydrogen-bond acceptors (Lipinski definition) is 3. The molecule has 4 heteroatoms. The van der Waals surface area contributed by atoms with Gasteiger partial charge in [-0.1, -0.05) is 18.9 Å². The number of hydrazine groups is 1. The zero-order valence-corrected chi connectivity index (χ0v) is 15.4. The zero-order chi connectivity index (χ0) is 16.4. The lowest BCUT2D eigenvalue weighted by molar-refractivity contribution is 0.0523. The van der Waals surface area contributed by atoms with E-state index in [1.807, 2.05) is 11.3 Å². The number of aliphatic imine (C=N–C) groups is 1. The van der Waals surface area contributed by atoms with Gasteiger partial charge in [-0.15, -0.1) is 11.3 Å². The molecule has 4 aliphatic carbocycles. The molecular formula is C21H25N3S. The maximum atomic E-state index is 4.96. The maximum Gasteiger partial charge on any atom is 0.118 e. The molecule has 2 bridgehead atoms. The highest BCUT2D eigenvalue weighted by Gasteiger charge is 2.50. The molecule has 1 atom stereocenters. The monoisotopic (exact) mass is 351 g/mol. The fourth-order valence-corrected chi connectivity index (χ4v) is 6.72. The lowest BCUT2D eigenvalue weighted by Gasteiger charge is -2.49. The van der Waals surface area contributed by atoms with Crippen LogP contribution in [-0.2, 0) is 0 Å². The van der Waals surface area contributed by atoms with Gasteiger partial charge in [0.15, 0.2) is 0 Å². The fraction of sp³-hybridized carbons (Fsp3) is 0.571. The first-order valence-corrected chi connectivity index (χ1v) is 10.7. The van der Waals surface area contributed by atoms with Crippen LogP contribution in [0.2, 0.25) is 0 Å². The summed E-state index contributed by atoms with van der Waals surface area (Å²) >= 11 is 1.97. The molecular weight excluding hydrogens is 326 g/mol. The summed E-state index contributed by atoms with van der Waals surface area (Å²) in [7, 11) is 0. The average Bonchev–Trinajstić information content (AvgIpc) is 3.30. The number of thiophene rings is 1. The van der Waals surface area contributed by atoms with Crippen LogP contribution in [0.3, 0.4) is 0 Å². The van der Waals surface area contributed by atoms with E-state index in [1.54, 1.807) is 4.88 Å². The Morgan fingerprint density at radius 1 is 1.04 bits per heavy atom. The van der Waals surface area contributed by atoms with E-state index in [-0.39, 0.29) is 5.54 Å². The van der Waals surface area contributed by atoms with Crippen LogP contribution < -0.4 is 10.9 Å². The van der Waals surface area contributed by atoms with Crippen LogP contribution in [-0.4, -0.2) is 11.4 Å². The van der Waals surface area contributed by atoms with Gasteiger partial charge < -0.3 is 5.43 Å². The molecule has 5 aliphatic rings. The summed E-state index contributed by atoms with van der Waals surface area (Å²) in [5.41, 5.74) is 8.48. The minimum Gasteiger partial charge on any atom is -0.309 e. The SMILES string of the molecule is c1cc2cc(C3CC3)sc2cc1N=C1CC2(CC3CCC2CC3)NN1. The van der Waals surface area contributed by atoms with Crippen LogP contribution in [0.25, 0.3) is 10.1 Å². The van der Waals surface area contributed by atoms with Crippen molar-refractivity contribution in [3.63, 3.8) is 0 Å². The van der Waals surface area contributed by atoms with E-state index in [0.717, 1.165) is 35.7 Å². The molecule has 1 aromatic carbocycles. The van der Waals surface area contributed by atoms with Crippen molar-refractivity contribution in [3.05, 3.63) is 29.1 Å². The molecule has 0 amide bonds. The Morgan fingerprint density at radius 3 is 2.68 bits per heavy atom. The van der Waals surface area contributed by atoms with Crippen molar-refractivity contribution in [1.29, 1.82) is 0 Å². The van der Waals surface area contributed by atoms with Crippen molar-refractivity contribution < 1.29 is 0 Å². The van der Waals surface area contributed by atoms with E-state index in [9.17, 15) is 0 Å². The first-order chi connectivity index (χ1) is 12.3. The standard InChI is InChI=1S/C21H25N3S/c1-6-16-7-2-13(1)11-21(16)12-20(23-24-21)22-17-8-5-15-9-18(14-3-4-14)25-19(15)10-17/h5,8-10,13-14,16,24H,1-4,6-7,11-12H2,(H,22,23). The smallest absolute Gasteiger partial charge is 0.118 e. The third-order valence-corrected chi connectivity index (χ3v) is 8.25. The molecule has 2 aromatic rings. The fourth-order valence-electron chi connectivity index (χ4n) is 5.46. The summed E-state index contributed by atoms with van der Waals surface area (Å²) in [5.74, 6) is 3.74. The van der Waals surface area contributed by atoms with Gasteiger partial charge in [0.1, 0.15) is 5.84 Å². The lowest BCUT2D eigenvalue weighted by atomic mass is 9.60. The van der Waals surface area contributed by atoms with Crippen molar-refractivity contribution >= 4 is 32.9 Å². The van der Waals surface area contributed by atoms with Crippen LogP contribution in [0.4, 0.5) is 5.69 Å². The molecule has 130 valence electrons. The summed E-state index contributed by atoms with van der Waals surface area (Å²) in [6, 6.07) is 9.09. The molecule has 1 aromatic heterocycles. The van der Waals surface area contributed by atoms with Gasteiger partial charge in [-0.05, 0) is 73.4 Å². The number of fused-ring (bicyclic) bond motifs is 3. The molecule has 0 radical (unpaired) electrons. The van der Waals surface area contributed by atoms with Gasteiger partial charge in [-0.2, -0.15) is 0 Å². The normalized spacial score (nSPS) is 35.8. The predicted molar refractivity (Wildman–Crippen MR) is 105 cm³/mol. The third kappa shape index (κ3) is 2.45. The number of amidine groups is 1. The van der Waals surface area contributed by atoms with E-state index in [2.05, 4.69) is 35.1 Å². The van der Waals surface area contributed by atoms with Crippen molar-refractivity contribution in [3.8, 4) is 0 Å². The minimum atomic E-state index is 0.284. The average molecular weight is 352 g/mol. The molecule has 1 saturated heterocycles. The molecule has 2 heterocycles. The van der Waals surface area contributed by atoms with Gasteiger partial charge in [0, 0.05) is 21.5 Å². The highest BCUT2D eigenvalue weighted by molar-refractivity contribution is 7.19. The molecule has 3 nitrogen and oxygen atoms in total. The Balaban J connectivity index is 1.27. The second kappa shape index (κ2) is 5.31. The van der Waals surface area contributed by atoms with Crippen molar-refractivity contribution in [2.24, 2.45) is 16.8 Å². The Labute approximate surface area is 152 Å². The molecule has 7 rings (SSSR count). The highest BCUT2D eigenvalue weighted by Crippen LogP contribution is 2.50. The van der Waals surface area contributed by atoms with Crippen LogP contribution in [0, 0.1) is 11.8 Å². The van der Waals surface area contributed by atoms with E-state index < -0.39 is 0 Å². The van der Waals surface area contributed by atoms with Gasteiger partial charge in [0.25, 0.3) is 0 Å². The summed E-state index contributed by atoms with van der Waals surface area (Å²) in [5, 5.41) is 1.38. The number of rotatable bonds is 2. The topological polar surface area (TPSA) is 36.4 Å². The molecule has 1 aliphatic heterocycles. The van der Waals surface area contributed by atoms with Crippen LogP contribution in [0.1, 0.15) is 62.2 Å². The number of nitrogens with one attached hydrogen (secondary N) is 2. The largest absolute Gasteiger partial charge is 0.309 e. The zero-order valence-electron chi connectivity index (χ0n) is 14.6. The van der Waals surface area contributed by atoms with Gasteiger partial charge in [0.05, 0.1) is 5.69 Å². The first-order valence-electron chi connectivity index (χ1n) is 9.92. The Morgan fingerprint density at radius 2 is 1.92 bits per heavy atom. The second-order valence-electron chi connectivity index (χ2n) is 8.71. The summed E-state index contributed by atoms with van der Waals surface area (Å²) in [6.45, 7) is 0. The first kappa shape index (κ1) is 14.7. The second-order valence-corrected chi connectivity index (χ2v) is 9.82. The molecule has 1 unspecified atom stereocenters. The Bertz CT molecular complexity index is 857. The Kier molecular flexibility index (Phi) is 3.13. The third-order valence-electron chi connectivity index (χ3n) is 6.99. The molecule has 1 spiro atoms. The van der Waals surface area contributed by atoms with E-state index >= 15 is 0 Å². The summed E-state index contributed by atoms with van der Waals surface area (Å²) in [6.07, 6.45) is 10.8. The summed E-state index contributed by atoms with van der Waals surface area (Å²) < 4.78 is 1.39. The van der Waals surface area contributed by atoms with E-state index in [1.165, 1.54) is 55.0 Å². The molecule has 4 saturated carbocycles. The predicted octanol–water partition coefficient (Wildman–Crippen LogP) is 5.26. The van der Waals surface area contributed by atoms with Crippen molar-refractivity contribution in [2.45, 2.75) is 62.8 Å².